The molecule has 3 aromatic carbocycles. The molecular formula is C27H23FN2O3. The third kappa shape index (κ3) is 2.55. The molecule has 0 aromatic heterocycles. The van der Waals surface area contributed by atoms with E-state index in [1.165, 1.54) is 0 Å². The number of carbonyl (C=O) groups excluding carboxylic acids is 1. The molecular weight excluding hydrogens is 419 g/mol. The molecule has 33 heavy (non-hydrogen) atoms. The average Bonchev–Trinajstić information content (AvgIpc) is 3.07. The fourth-order valence-electron chi connectivity index (χ4n) is 5.59. The second-order valence-electron chi connectivity index (χ2n) is 9.59. The molecule has 0 amide bonds. The molecule has 1 spiro atoms. The molecule has 0 bridgehead atoms. The zero-order chi connectivity index (χ0) is 22.3. The van der Waals surface area contributed by atoms with Gasteiger partial charge in [-0.05, 0) is 36.2 Å². The van der Waals surface area contributed by atoms with Gasteiger partial charge in [0.1, 0.15) is 17.7 Å². The lowest BCUT2D eigenvalue weighted by Gasteiger charge is -2.41. The Morgan fingerprint density at radius 1 is 0.848 bits per heavy atom. The number of hydrogen-bond acceptors (Lipinski definition) is 5. The van der Waals surface area contributed by atoms with Gasteiger partial charge in [-0.3, -0.25) is 0 Å². The lowest BCUT2D eigenvalue weighted by atomic mass is 9.77. The first kappa shape index (κ1) is 19.0. The van der Waals surface area contributed by atoms with Crippen molar-refractivity contribution in [3.05, 3.63) is 82.9 Å². The van der Waals surface area contributed by atoms with Crippen molar-refractivity contribution in [2.24, 2.45) is 5.92 Å². The van der Waals surface area contributed by atoms with Gasteiger partial charge in [0.25, 0.3) is 0 Å². The van der Waals surface area contributed by atoms with Gasteiger partial charge in [0, 0.05) is 53.3 Å². The summed E-state index contributed by atoms with van der Waals surface area (Å²) in [7, 11) is 0. The SMILES string of the molecule is CC1CN(c2ccc3c(c2)Oc2cc(N4CC(F)C4)ccc2C32OC(=O)c3ccccc32)C1. The first-order valence-corrected chi connectivity index (χ1v) is 11.5. The number of esters is 1. The van der Waals surface area contributed by atoms with Crippen LogP contribution in [-0.4, -0.2) is 38.3 Å². The standard InChI is InChI=1S/C27H23FN2O3/c1-16-12-29(13-16)18-6-8-22-24(10-18)32-25-11-19(30-14-17(28)15-30)7-9-23(25)27(22)21-5-3-2-4-20(21)26(31)33-27/h2-11,16-17H,12-15H2,1H3. The molecule has 4 heterocycles. The van der Waals surface area contributed by atoms with Crippen molar-refractivity contribution in [3.63, 3.8) is 0 Å². The van der Waals surface area contributed by atoms with Crippen LogP contribution in [0.5, 0.6) is 11.5 Å². The van der Waals surface area contributed by atoms with E-state index in [4.69, 9.17) is 9.47 Å². The summed E-state index contributed by atoms with van der Waals surface area (Å²) >= 11 is 0. The topological polar surface area (TPSA) is 42.0 Å². The number of ether oxygens (including phenoxy) is 2. The lowest BCUT2D eigenvalue weighted by molar-refractivity contribution is 0.0224. The fraction of sp³-hybridized carbons (Fsp3) is 0.296. The van der Waals surface area contributed by atoms with E-state index in [1.807, 2.05) is 53.4 Å². The Kier molecular flexibility index (Phi) is 3.74. The van der Waals surface area contributed by atoms with Crippen molar-refractivity contribution >= 4 is 17.3 Å². The molecule has 2 fully saturated rings. The summed E-state index contributed by atoms with van der Waals surface area (Å²) in [5, 5.41) is 0. The van der Waals surface area contributed by atoms with E-state index < -0.39 is 11.8 Å². The zero-order valence-electron chi connectivity index (χ0n) is 18.3. The van der Waals surface area contributed by atoms with Crippen molar-refractivity contribution in [2.45, 2.75) is 18.7 Å². The van der Waals surface area contributed by atoms with Gasteiger partial charge < -0.3 is 19.3 Å². The second-order valence-corrected chi connectivity index (χ2v) is 9.59. The molecule has 4 aliphatic rings. The number of rotatable bonds is 2. The molecule has 2 saturated heterocycles. The molecule has 6 heteroatoms. The summed E-state index contributed by atoms with van der Waals surface area (Å²) in [6, 6.07) is 19.6. The maximum absolute atomic E-state index is 13.5. The van der Waals surface area contributed by atoms with E-state index in [9.17, 15) is 9.18 Å². The van der Waals surface area contributed by atoms with Crippen LogP contribution in [0.2, 0.25) is 0 Å². The summed E-state index contributed by atoms with van der Waals surface area (Å²) in [5.41, 5.74) is 3.96. The van der Waals surface area contributed by atoms with Gasteiger partial charge >= 0.3 is 5.97 Å². The Morgan fingerprint density at radius 3 is 2.06 bits per heavy atom. The van der Waals surface area contributed by atoms with Crippen LogP contribution in [0.1, 0.15) is 34.0 Å². The van der Waals surface area contributed by atoms with E-state index in [2.05, 4.69) is 24.0 Å². The Labute approximate surface area is 191 Å². The Hall–Kier alpha value is -3.54. The largest absolute Gasteiger partial charge is 0.456 e. The maximum atomic E-state index is 13.5. The molecule has 166 valence electrons. The molecule has 1 atom stereocenters. The van der Waals surface area contributed by atoms with E-state index in [-0.39, 0.29) is 5.97 Å². The maximum Gasteiger partial charge on any atom is 0.340 e. The molecule has 0 saturated carbocycles. The number of carbonyl (C=O) groups is 1. The van der Waals surface area contributed by atoms with E-state index in [0.29, 0.717) is 36.1 Å². The number of hydrogen-bond donors (Lipinski definition) is 0. The van der Waals surface area contributed by atoms with Crippen molar-refractivity contribution < 1.29 is 18.7 Å². The number of benzene rings is 3. The molecule has 0 aliphatic carbocycles. The van der Waals surface area contributed by atoms with Crippen LogP contribution in [0.3, 0.4) is 0 Å². The molecule has 4 aliphatic heterocycles. The summed E-state index contributed by atoms with van der Waals surface area (Å²) in [4.78, 5) is 17.3. The molecule has 5 nitrogen and oxygen atoms in total. The minimum Gasteiger partial charge on any atom is -0.456 e. The van der Waals surface area contributed by atoms with Gasteiger partial charge in [-0.25, -0.2) is 9.18 Å². The fourth-order valence-corrected chi connectivity index (χ4v) is 5.59. The first-order chi connectivity index (χ1) is 16.0. The minimum atomic E-state index is -1.06. The highest BCUT2D eigenvalue weighted by atomic mass is 19.1. The Balaban J connectivity index is 1.42. The Bertz CT molecular complexity index is 1240. The molecule has 7 rings (SSSR count). The molecule has 1 unspecified atom stereocenters. The highest BCUT2D eigenvalue weighted by Gasteiger charge is 2.53. The van der Waals surface area contributed by atoms with Crippen molar-refractivity contribution in [2.75, 3.05) is 36.0 Å². The zero-order valence-corrected chi connectivity index (χ0v) is 18.3. The van der Waals surface area contributed by atoms with Gasteiger partial charge in [-0.15, -0.1) is 0 Å². The Morgan fingerprint density at radius 2 is 1.45 bits per heavy atom. The first-order valence-electron chi connectivity index (χ1n) is 11.5. The predicted molar refractivity (Wildman–Crippen MR) is 123 cm³/mol. The van der Waals surface area contributed by atoms with Crippen LogP contribution < -0.4 is 14.5 Å². The number of halogens is 1. The number of anilines is 2. The number of nitrogens with zero attached hydrogens (tertiary/aromatic N) is 2. The van der Waals surface area contributed by atoms with Crippen LogP contribution in [0.4, 0.5) is 15.8 Å². The van der Waals surface area contributed by atoms with Gasteiger partial charge in [0.05, 0.1) is 18.7 Å². The predicted octanol–water partition coefficient (Wildman–Crippen LogP) is 4.87. The molecule has 3 aromatic rings. The van der Waals surface area contributed by atoms with Gasteiger partial charge in [0.2, 0.25) is 0 Å². The number of fused-ring (bicyclic) bond motifs is 6. The minimum absolute atomic E-state index is 0.336. The summed E-state index contributed by atoms with van der Waals surface area (Å²) < 4.78 is 26.2. The molecule has 0 radical (unpaired) electrons. The monoisotopic (exact) mass is 442 g/mol. The van der Waals surface area contributed by atoms with Gasteiger partial charge in [-0.1, -0.05) is 25.1 Å². The summed E-state index contributed by atoms with van der Waals surface area (Å²) in [6.45, 7) is 5.04. The quantitative estimate of drug-likeness (QED) is 0.530. The van der Waals surface area contributed by atoms with E-state index in [0.717, 1.165) is 41.2 Å². The highest BCUT2D eigenvalue weighted by Crippen LogP contribution is 2.57. The van der Waals surface area contributed by atoms with Crippen LogP contribution >= 0.6 is 0 Å². The summed E-state index contributed by atoms with van der Waals surface area (Å²) in [5.74, 6) is 1.67. The van der Waals surface area contributed by atoms with Gasteiger partial charge in [0.15, 0.2) is 5.60 Å². The normalized spacial score (nSPS) is 23.3. The van der Waals surface area contributed by atoms with Crippen molar-refractivity contribution in [3.8, 4) is 11.5 Å². The summed E-state index contributed by atoms with van der Waals surface area (Å²) in [6.07, 6.45) is -0.793. The lowest BCUT2D eigenvalue weighted by Crippen LogP contribution is -2.48. The molecule has 0 N–H and O–H groups in total. The van der Waals surface area contributed by atoms with E-state index >= 15 is 0 Å². The smallest absolute Gasteiger partial charge is 0.340 e. The third-order valence-corrected chi connectivity index (χ3v) is 7.31. The number of alkyl halides is 1. The highest BCUT2D eigenvalue weighted by molar-refractivity contribution is 5.97. The third-order valence-electron chi connectivity index (χ3n) is 7.31. The van der Waals surface area contributed by atoms with Crippen LogP contribution in [-0.2, 0) is 10.3 Å². The van der Waals surface area contributed by atoms with E-state index in [1.54, 1.807) is 0 Å². The van der Waals surface area contributed by atoms with Gasteiger partial charge in [-0.2, -0.15) is 0 Å². The second kappa shape index (κ2) is 6.50. The van der Waals surface area contributed by atoms with Crippen LogP contribution in [0.15, 0.2) is 60.7 Å². The van der Waals surface area contributed by atoms with Crippen molar-refractivity contribution in [1.82, 2.24) is 0 Å². The van der Waals surface area contributed by atoms with Crippen LogP contribution in [0, 0.1) is 5.92 Å². The van der Waals surface area contributed by atoms with Crippen molar-refractivity contribution in [1.29, 1.82) is 0 Å². The average molecular weight is 442 g/mol. The van der Waals surface area contributed by atoms with Crippen LogP contribution in [0.25, 0.3) is 0 Å².